The average Bonchev–Trinajstić information content (AvgIpc) is 2.41. The van der Waals surface area contributed by atoms with Crippen molar-refractivity contribution in [2.75, 3.05) is 19.6 Å². The third-order valence-corrected chi connectivity index (χ3v) is 4.65. The molecule has 4 heteroatoms. The summed E-state index contributed by atoms with van der Waals surface area (Å²) < 4.78 is 0. The molecule has 0 heterocycles. The number of nitrogens with two attached hydrogens (primary N) is 1. The second kappa shape index (κ2) is 6.49. The maximum absolute atomic E-state index is 6.08. The molecule has 20 heavy (non-hydrogen) atoms. The van der Waals surface area contributed by atoms with E-state index in [1.165, 1.54) is 24.8 Å². The SMILES string of the molecule is CCN(CC)C(N)=NCC1(c2ccc(Cl)cc2)CCC1. The summed E-state index contributed by atoms with van der Waals surface area (Å²) in [6.45, 7) is 6.78. The van der Waals surface area contributed by atoms with Crippen molar-refractivity contribution in [1.82, 2.24) is 4.90 Å². The Hall–Kier alpha value is -1.22. The second-order valence-electron chi connectivity index (χ2n) is 5.49. The summed E-state index contributed by atoms with van der Waals surface area (Å²) in [4.78, 5) is 6.74. The van der Waals surface area contributed by atoms with Gasteiger partial charge in [0.15, 0.2) is 5.96 Å². The number of halogens is 1. The lowest BCUT2D eigenvalue weighted by Crippen LogP contribution is -2.41. The van der Waals surface area contributed by atoms with Gasteiger partial charge < -0.3 is 10.6 Å². The normalized spacial score (nSPS) is 17.6. The average molecular weight is 294 g/mol. The summed E-state index contributed by atoms with van der Waals surface area (Å²) in [6.07, 6.45) is 3.64. The number of aliphatic imine (C=N–C) groups is 1. The minimum atomic E-state index is 0.169. The quantitative estimate of drug-likeness (QED) is 0.667. The molecule has 0 atom stereocenters. The van der Waals surface area contributed by atoms with Crippen molar-refractivity contribution >= 4 is 17.6 Å². The van der Waals surface area contributed by atoms with E-state index in [1.54, 1.807) is 0 Å². The Labute approximate surface area is 126 Å². The van der Waals surface area contributed by atoms with Crippen LogP contribution in [-0.2, 0) is 5.41 Å². The molecule has 1 aromatic rings. The van der Waals surface area contributed by atoms with Gasteiger partial charge in [-0.1, -0.05) is 30.2 Å². The Bertz CT molecular complexity index is 459. The van der Waals surface area contributed by atoms with Gasteiger partial charge >= 0.3 is 0 Å². The molecule has 110 valence electrons. The monoisotopic (exact) mass is 293 g/mol. The van der Waals surface area contributed by atoms with Crippen LogP contribution in [0.4, 0.5) is 0 Å². The topological polar surface area (TPSA) is 41.6 Å². The Morgan fingerprint density at radius 1 is 1.25 bits per heavy atom. The number of benzene rings is 1. The van der Waals surface area contributed by atoms with Gasteiger partial charge in [-0.2, -0.15) is 0 Å². The molecule has 0 radical (unpaired) electrons. The molecule has 2 rings (SSSR count). The summed E-state index contributed by atoms with van der Waals surface area (Å²) in [7, 11) is 0. The van der Waals surface area contributed by atoms with E-state index in [1.807, 2.05) is 12.1 Å². The minimum absolute atomic E-state index is 0.169. The molecule has 1 saturated carbocycles. The van der Waals surface area contributed by atoms with E-state index >= 15 is 0 Å². The first-order chi connectivity index (χ1) is 9.61. The summed E-state index contributed by atoms with van der Waals surface area (Å²) in [6, 6.07) is 8.19. The molecule has 0 unspecified atom stereocenters. The second-order valence-corrected chi connectivity index (χ2v) is 5.92. The number of nitrogens with zero attached hydrogens (tertiary/aromatic N) is 2. The highest BCUT2D eigenvalue weighted by Crippen LogP contribution is 2.44. The summed E-state index contributed by atoms with van der Waals surface area (Å²) in [5.74, 6) is 0.662. The van der Waals surface area contributed by atoms with Gasteiger partial charge in [0.05, 0.1) is 6.54 Å². The van der Waals surface area contributed by atoms with Gasteiger partial charge in [-0.3, -0.25) is 4.99 Å². The molecule has 0 aliphatic heterocycles. The number of hydrogen-bond donors (Lipinski definition) is 1. The zero-order valence-electron chi connectivity index (χ0n) is 12.4. The Balaban J connectivity index is 2.12. The van der Waals surface area contributed by atoms with Gasteiger partial charge in [0.25, 0.3) is 0 Å². The maximum Gasteiger partial charge on any atom is 0.191 e. The molecule has 0 bridgehead atoms. The van der Waals surface area contributed by atoms with E-state index in [9.17, 15) is 0 Å². The van der Waals surface area contributed by atoms with Gasteiger partial charge in [0.2, 0.25) is 0 Å². The lowest BCUT2D eigenvalue weighted by atomic mass is 9.64. The van der Waals surface area contributed by atoms with Gasteiger partial charge in [0, 0.05) is 23.5 Å². The fraction of sp³-hybridized carbons (Fsp3) is 0.562. The molecular weight excluding hydrogens is 270 g/mol. The smallest absolute Gasteiger partial charge is 0.191 e. The van der Waals surface area contributed by atoms with Gasteiger partial charge in [0.1, 0.15) is 0 Å². The standard InChI is InChI=1S/C16H24ClN3/c1-3-20(4-2)15(18)19-12-16(10-5-11-16)13-6-8-14(17)9-7-13/h6-9H,3-5,10-12H2,1-2H3,(H2,18,19). The third kappa shape index (κ3) is 3.09. The molecule has 1 aliphatic carbocycles. The van der Waals surface area contributed by atoms with Crippen molar-refractivity contribution in [2.45, 2.75) is 38.5 Å². The van der Waals surface area contributed by atoms with E-state index in [2.05, 4.69) is 35.9 Å². The molecule has 2 N–H and O–H groups in total. The molecule has 0 amide bonds. The first kappa shape index (κ1) is 15.2. The zero-order chi connectivity index (χ0) is 14.6. The van der Waals surface area contributed by atoms with E-state index in [-0.39, 0.29) is 5.41 Å². The number of rotatable bonds is 5. The predicted octanol–water partition coefficient (Wildman–Crippen LogP) is 3.42. The Morgan fingerprint density at radius 3 is 2.30 bits per heavy atom. The van der Waals surface area contributed by atoms with E-state index < -0.39 is 0 Å². The van der Waals surface area contributed by atoms with Crippen LogP contribution >= 0.6 is 11.6 Å². The van der Waals surface area contributed by atoms with Crippen molar-refractivity contribution in [1.29, 1.82) is 0 Å². The molecule has 1 fully saturated rings. The molecule has 1 aromatic carbocycles. The molecule has 0 spiro atoms. The fourth-order valence-corrected chi connectivity index (χ4v) is 2.95. The summed E-state index contributed by atoms with van der Waals surface area (Å²) in [5, 5.41) is 0.786. The van der Waals surface area contributed by atoms with Crippen molar-refractivity contribution < 1.29 is 0 Å². The molecule has 3 nitrogen and oxygen atoms in total. The largest absolute Gasteiger partial charge is 0.370 e. The lowest BCUT2D eigenvalue weighted by molar-refractivity contribution is 0.252. The van der Waals surface area contributed by atoms with Crippen molar-refractivity contribution in [3.63, 3.8) is 0 Å². The number of guanidine groups is 1. The van der Waals surface area contributed by atoms with E-state index in [0.717, 1.165) is 24.7 Å². The van der Waals surface area contributed by atoms with Crippen LogP contribution in [0, 0.1) is 0 Å². The van der Waals surface area contributed by atoms with Gasteiger partial charge in [-0.25, -0.2) is 0 Å². The number of hydrogen-bond acceptors (Lipinski definition) is 1. The fourth-order valence-electron chi connectivity index (χ4n) is 2.83. The van der Waals surface area contributed by atoms with Crippen LogP contribution in [0.15, 0.2) is 29.3 Å². The van der Waals surface area contributed by atoms with Gasteiger partial charge in [-0.05, 0) is 44.4 Å². The zero-order valence-corrected chi connectivity index (χ0v) is 13.2. The van der Waals surface area contributed by atoms with Crippen LogP contribution in [-0.4, -0.2) is 30.5 Å². The van der Waals surface area contributed by atoms with Crippen LogP contribution < -0.4 is 5.73 Å². The maximum atomic E-state index is 6.08. The predicted molar refractivity (Wildman–Crippen MR) is 86.4 cm³/mol. The highest BCUT2D eigenvalue weighted by Gasteiger charge is 2.38. The third-order valence-electron chi connectivity index (χ3n) is 4.40. The molecular formula is C16H24ClN3. The molecule has 0 saturated heterocycles. The lowest BCUT2D eigenvalue weighted by Gasteiger charge is -2.41. The molecule has 0 aromatic heterocycles. The first-order valence-corrected chi connectivity index (χ1v) is 7.80. The summed E-state index contributed by atoms with van der Waals surface area (Å²) >= 11 is 5.98. The van der Waals surface area contributed by atoms with Crippen LogP contribution in [0.2, 0.25) is 5.02 Å². The van der Waals surface area contributed by atoms with Crippen molar-refractivity contribution in [3.8, 4) is 0 Å². The van der Waals surface area contributed by atoms with Crippen molar-refractivity contribution in [2.24, 2.45) is 10.7 Å². The summed E-state index contributed by atoms with van der Waals surface area (Å²) in [5.41, 5.74) is 7.59. The van der Waals surface area contributed by atoms with Crippen LogP contribution in [0.1, 0.15) is 38.7 Å². The van der Waals surface area contributed by atoms with Gasteiger partial charge in [-0.15, -0.1) is 0 Å². The van der Waals surface area contributed by atoms with Crippen molar-refractivity contribution in [3.05, 3.63) is 34.9 Å². The van der Waals surface area contributed by atoms with E-state index in [0.29, 0.717) is 5.96 Å². The Morgan fingerprint density at radius 2 is 1.85 bits per heavy atom. The van der Waals surface area contributed by atoms with Crippen LogP contribution in [0.3, 0.4) is 0 Å². The molecule has 1 aliphatic rings. The minimum Gasteiger partial charge on any atom is -0.370 e. The van der Waals surface area contributed by atoms with Crippen LogP contribution in [0.5, 0.6) is 0 Å². The highest BCUT2D eigenvalue weighted by molar-refractivity contribution is 6.30. The Kier molecular flexibility index (Phi) is 4.92. The highest BCUT2D eigenvalue weighted by atomic mass is 35.5. The van der Waals surface area contributed by atoms with Crippen LogP contribution in [0.25, 0.3) is 0 Å². The van der Waals surface area contributed by atoms with E-state index in [4.69, 9.17) is 17.3 Å². The first-order valence-electron chi connectivity index (χ1n) is 7.42.